The van der Waals surface area contributed by atoms with Crippen LogP contribution in [0.2, 0.25) is 0 Å². The standard InChI is InChI=1S/C13H13NO5/c1-2-16-13(15)11-12(17-6-14-11)8-3-4-9-10(5-8)19-7-18-9/h3-6,11-12H,2,7H2,1H3. The Morgan fingerprint density at radius 2 is 2.26 bits per heavy atom. The van der Waals surface area contributed by atoms with Gasteiger partial charge in [0.15, 0.2) is 30.0 Å². The van der Waals surface area contributed by atoms with E-state index >= 15 is 0 Å². The summed E-state index contributed by atoms with van der Waals surface area (Å²) in [4.78, 5) is 15.8. The number of ether oxygens (including phenoxy) is 4. The van der Waals surface area contributed by atoms with E-state index in [1.807, 2.05) is 6.07 Å². The van der Waals surface area contributed by atoms with Gasteiger partial charge in [-0.3, -0.25) is 0 Å². The molecule has 1 aromatic rings. The van der Waals surface area contributed by atoms with E-state index in [1.165, 1.54) is 6.40 Å². The third kappa shape index (κ3) is 2.09. The van der Waals surface area contributed by atoms with Crippen LogP contribution in [0.25, 0.3) is 0 Å². The Bertz CT molecular complexity index is 528. The molecule has 2 atom stereocenters. The van der Waals surface area contributed by atoms with Crippen molar-refractivity contribution in [2.24, 2.45) is 4.99 Å². The minimum absolute atomic E-state index is 0.210. The van der Waals surface area contributed by atoms with Crippen molar-refractivity contribution < 1.29 is 23.7 Å². The maximum atomic E-state index is 11.8. The molecule has 1 aromatic carbocycles. The minimum Gasteiger partial charge on any atom is -0.473 e. The lowest BCUT2D eigenvalue weighted by atomic mass is 10.0. The lowest BCUT2D eigenvalue weighted by Gasteiger charge is -2.16. The molecule has 0 aromatic heterocycles. The summed E-state index contributed by atoms with van der Waals surface area (Å²) in [5, 5.41) is 0. The highest BCUT2D eigenvalue weighted by atomic mass is 16.7. The summed E-state index contributed by atoms with van der Waals surface area (Å²) in [5.41, 5.74) is 0.805. The van der Waals surface area contributed by atoms with Gasteiger partial charge in [0.05, 0.1) is 6.61 Å². The van der Waals surface area contributed by atoms with Gasteiger partial charge < -0.3 is 18.9 Å². The van der Waals surface area contributed by atoms with Crippen molar-refractivity contribution in [2.45, 2.75) is 19.1 Å². The molecular weight excluding hydrogens is 250 g/mol. The number of hydrogen-bond acceptors (Lipinski definition) is 6. The van der Waals surface area contributed by atoms with Crippen molar-refractivity contribution in [3.8, 4) is 11.5 Å². The smallest absolute Gasteiger partial charge is 0.335 e. The zero-order valence-electron chi connectivity index (χ0n) is 10.4. The van der Waals surface area contributed by atoms with Crippen LogP contribution in [0.3, 0.4) is 0 Å². The summed E-state index contributed by atoms with van der Waals surface area (Å²) in [6.07, 6.45) is 0.810. The summed E-state index contributed by atoms with van der Waals surface area (Å²) in [6.45, 7) is 2.29. The van der Waals surface area contributed by atoms with E-state index in [0.29, 0.717) is 18.1 Å². The molecule has 0 bridgehead atoms. The van der Waals surface area contributed by atoms with Crippen LogP contribution in [0.15, 0.2) is 23.2 Å². The van der Waals surface area contributed by atoms with E-state index in [1.54, 1.807) is 19.1 Å². The first-order valence-corrected chi connectivity index (χ1v) is 6.03. The summed E-state index contributed by atoms with van der Waals surface area (Å²) >= 11 is 0. The maximum absolute atomic E-state index is 11.8. The van der Waals surface area contributed by atoms with E-state index in [4.69, 9.17) is 18.9 Å². The Labute approximate surface area is 109 Å². The van der Waals surface area contributed by atoms with Crippen LogP contribution in [0.4, 0.5) is 0 Å². The van der Waals surface area contributed by atoms with Gasteiger partial charge in [-0.25, -0.2) is 9.79 Å². The molecule has 6 nitrogen and oxygen atoms in total. The molecule has 2 aliphatic rings. The first kappa shape index (κ1) is 11.8. The molecule has 19 heavy (non-hydrogen) atoms. The fourth-order valence-electron chi connectivity index (χ4n) is 2.08. The van der Waals surface area contributed by atoms with Gasteiger partial charge >= 0.3 is 5.97 Å². The van der Waals surface area contributed by atoms with Gasteiger partial charge in [-0.1, -0.05) is 6.07 Å². The number of fused-ring (bicyclic) bond motifs is 1. The number of hydrogen-bond donors (Lipinski definition) is 0. The Hall–Kier alpha value is -2.24. The molecular formula is C13H13NO5. The van der Waals surface area contributed by atoms with E-state index in [0.717, 1.165) is 5.56 Å². The van der Waals surface area contributed by atoms with Crippen molar-refractivity contribution >= 4 is 12.4 Å². The molecule has 0 amide bonds. The first-order valence-electron chi connectivity index (χ1n) is 6.03. The summed E-state index contributed by atoms with van der Waals surface area (Å²) < 4.78 is 20.9. The third-order valence-corrected chi connectivity index (χ3v) is 2.97. The average Bonchev–Trinajstić information content (AvgIpc) is 3.07. The zero-order chi connectivity index (χ0) is 13.2. The molecule has 0 radical (unpaired) electrons. The summed E-state index contributed by atoms with van der Waals surface area (Å²) in [5.74, 6) is 0.949. The number of nitrogens with zero attached hydrogens (tertiary/aromatic N) is 1. The van der Waals surface area contributed by atoms with Crippen LogP contribution in [0.5, 0.6) is 11.5 Å². The van der Waals surface area contributed by atoms with Crippen LogP contribution in [-0.2, 0) is 14.3 Å². The van der Waals surface area contributed by atoms with Gasteiger partial charge in [0.1, 0.15) is 0 Å². The molecule has 0 saturated carbocycles. The zero-order valence-corrected chi connectivity index (χ0v) is 10.4. The topological polar surface area (TPSA) is 66.4 Å². The highest BCUT2D eigenvalue weighted by Crippen LogP contribution is 2.37. The monoisotopic (exact) mass is 263 g/mol. The number of rotatable bonds is 3. The fourth-order valence-corrected chi connectivity index (χ4v) is 2.08. The second-order valence-electron chi connectivity index (χ2n) is 4.12. The van der Waals surface area contributed by atoms with E-state index in [-0.39, 0.29) is 12.8 Å². The number of esters is 1. The van der Waals surface area contributed by atoms with Crippen LogP contribution in [-0.4, -0.2) is 31.8 Å². The second kappa shape index (κ2) is 4.79. The summed E-state index contributed by atoms with van der Waals surface area (Å²) in [6, 6.07) is 4.76. The number of benzene rings is 1. The van der Waals surface area contributed by atoms with Gasteiger partial charge in [0.25, 0.3) is 0 Å². The van der Waals surface area contributed by atoms with E-state index in [9.17, 15) is 4.79 Å². The molecule has 2 unspecified atom stereocenters. The lowest BCUT2D eigenvalue weighted by molar-refractivity contribution is -0.146. The van der Waals surface area contributed by atoms with Crippen molar-refractivity contribution in [2.75, 3.05) is 13.4 Å². The molecule has 0 spiro atoms. The highest BCUT2D eigenvalue weighted by molar-refractivity contribution is 5.80. The molecule has 3 rings (SSSR count). The number of carbonyl (C=O) groups is 1. The number of aliphatic imine (C=N–C) groups is 1. The largest absolute Gasteiger partial charge is 0.473 e. The van der Waals surface area contributed by atoms with Gasteiger partial charge in [0, 0.05) is 0 Å². The highest BCUT2D eigenvalue weighted by Gasteiger charge is 2.35. The average molecular weight is 263 g/mol. The normalized spacial score (nSPS) is 23.2. The maximum Gasteiger partial charge on any atom is 0.335 e. The molecule has 2 aliphatic heterocycles. The molecule has 0 fully saturated rings. The SMILES string of the molecule is CCOC(=O)C1N=COC1c1ccc2c(c1)OCO2. The van der Waals surface area contributed by atoms with Gasteiger partial charge in [-0.2, -0.15) is 0 Å². The Morgan fingerprint density at radius 1 is 1.42 bits per heavy atom. The number of carbonyl (C=O) groups excluding carboxylic acids is 1. The van der Waals surface area contributed by atoms with Crippen molar-refractivity contribution in [1.29, 1.82) is 0 Å². The Kier molecular flexibility index (Phi) is 2.98. The predicted octanol–water partition coefficient (Wildman–Crippen LogP) is 1.45. The fraction of sp³-hybridized carbons (Fsp3) is 0.385. The third-order valence-electron chi connectivity index (χ3n) is 2.97. The quantitative estimate of drug-likeness (QED) is 0.772. The molecule has 0 saturated heterocycles. The predicted molar refractivity (Wildman–Crippen MR) is 65.3 cm³/mol. The van der Waals surface area contributed by atoms with Crippen molar-refractivity contribution in [1.82, 2.24) is 0 Å². The van der Waals surface area contributed by atoms with Gasteiger partial charge in [-0.15, -0.1) is 0 Å². The first-order chi connectivity index (χ1) is 9.29. The molecule has 100 valence electrons. The van der Waals surface area contributed by atoms with Crippen LogP contribution < -0.4 is 9.47 Å². The van der Waals surface area contributed by atoms with Gasteiger partial charge in [0.2, 0.25) is 6.79 Å². The minimum atomic E-state index is -0.666. The van der Waals surface area contributed by atoms with Crippen LogP contribution in [0.1, 0.15) is 18.6 Å². The van der Waals surface area contributed by atoms with E-state index in [2.05, 4.69) is 4.99 Å². The molecule has 0 N–H and O–H groups in total. The Balaban J connectivity index is 1.83. The van der Waals surface area contributed by atoms with Crippen LogP contribution in [0, 0.1) is 0 Å². The van der Waals surface area contributed by atoms with E-state index < -0.39 is 12.1 Å². The second-order valence-corrected chi connectivity index (χ2v) is 4.12. The molecule has 0 aliphatic carbocycles. The van der Waals surface area contributed by atoms with Crippen molar-refractivity contribution in [3.63, 3.8) is 0 Å². The Morgan fingerprint density at radius 3 is 3.11 bits per heavy atom. The van der Waals surface area contributed by atoms with Crippen molar-refractivity contribution in [3.05, 3.63) is 23.8 Å². The molecule has 6 heteroatoms. The molecule has 2 heterocycles. The van der Waals surface area contributed by atoms with Gasteiger partial charge in [-0.05, 0) is 24.6 Å². The lowest BCUT2D eigenvalue weighted by Crippen LogP contribution is -2.26. The summed E-state index contributed by atoms with van der Waals surface area (Å²) in [7, 11) is 0. The van der Waals surface area contributed by atoms with Crippen LogP contribution >= 0.6 is 0 Å².